The van der Waals surface area contributed by atoms with E-state index in [1.54, 1.807) is 18.4 Å². The Hall–Kier alpha value is -2.51. The molecule has 0 saturated carbocycles. The number of hydrogen-bond donors (Lipinski definition) is 2. The fraction of sp³-hybridized carbons (Fsp3) is 0.235. The van der Waals surface area contributed by atoms with Crippen LogP contribution in [0.5, 0.6) is 0 Å². The number of hydrogen-bond acceptors (Lipinski definition) is 6. The van der Waals surface area contributed by atoms with Gasteiger partial charge >= 0.3 is 0 Å². The molecular formula is C17H17N5OS. The van der Waals surface area contributed by atoms with Gasteiger partial charge in [-0.25, -0.2) is 4.98 Å². The molecule has 6 nitrogen and oxygen atoms in total. The molecular weight excluding hydrogens is 322 g/mol. The second-order valence-corrected chi connectivity index (χ2v) is 6.77. The third-order valence-corrected chi connectivity index (χ3v) is 4.96. The van der Waals surface area contributed by atoms with E-state index >= 15 is 0 Å². The summed E-state index contributed by atoms with van der Waals surface area (Å²) in [5.41, 5.74) is 1.94. The quantitative estimate of drug-likeness (QED) is 0.580. The summed E-state index contributed by atoms with van der Waals surface area (Å²) < 4.78 is 6.35. The Kier molecular flexibility index (Phi) is 3.87. The van der Waals surface area contributed by atoms with Crippen molar-refractivity contribution in [3.63, 3.8) is 0 Å². The highest BCUT2D eigenvalue weighted by Gasteiger charge is 2.12. The van der Waals surface area contributed by atoms with Gasteiger partial charge < -0.3 is 15.0 Å². The van der Waals surface area contributed by atoms with Gasteiger partial charge in [-0.3, -0.25) is 4.98 Å². The highest BCUT2D eigenvalue weighted by atomic mass is 32.1. The van der Waals surface area contributed by atoms with Gasteiger partial charge in [-0.2, -0.15) is 4.98 Å². The molecule has 4 heterocycles. The molecule has 4 rings (SSSR count). The molecule has 0 aliphatic heterocycles. The lowest BCUT2D eigenvalue weighted by molar-refractivity contribution is 0.190. The second kappa shape index (κ2) is 6.18. The number of fused-ring (bicyclic) bond motifs is 2. The SMILES string of the molecule is COC[C@H](C)Nc1ncc2c(-c3cc4cnccc4s3)c[nH]c2n1. The molecule has 0 bridgehead atoms. The fourth-order valence-corrected chi connectivity index (χ4v) is 3.77. The summed E-state index contributed by atoms with van der Waals surface area (Å²) in [6.45, 7) is 2.63. The first kappa shape index (κ1) is 15.0. The second-order valence-electron chi connectivity index (χ2n) is 5.68. The lowest BCUT2D eigenvalue weighted by Gasteiger charge is -2.12. The summed E-state index contributed by atoms with van der Waals surface area (Å²) in [6, 6.07) is 4.34. The lowest BCUT2D eigenvalue weighted by Crippen LogP contribution is -2.22. The summed E-state index contributed by atoms with van der Waals surface area (Å²) in [4.78, 5) is 17.6. The molecule has 0 aromatic carbocycles. The van der Waals surface area contributed by atoms with Gasteiger partial charge in [-0.05, 0) is 19.1 Å². The average molecular weight is 339 g/mol. The normalized spacial score (nSPS) is 12.8. The third-order valence-electron chi connectivity index (χ3n) is 3.81. The van der Waals surface area contributed by atoms with Crippen molar-refractivity contribution in [3.05, 3.63) is 36.9 Å². The third kappa shape index (κ3) is 2.72. The number of aromatic amines is 1. The monoisotopic (exact) mass is 339 g/mol. The standard InChI is InChI=1S/C17H17N5OS/c1-10(9-23-2)21-17-20-8-13-12(7-19-16(13)22-17)15-5-11-6-18-4-3-14(11)24-15/h3-8,10H,9H2,1-2H3,(H2,19,20,21,22)/t10-/m0/s1. The summed E-state index contributed by atoms with van der Waals surface area (Å²) >= 11 is 1.74. The van der Waals surface area contributed by atoms with E-state index in [1.165, 1.54) is 9.58 Å². The van der Waals surface area contributed by atoms with E-state index in [4.69, 9.17) is 4.74 Å². The number of H-pyrrole nitrogens is 1. The van der Waals surface area contributed by atoms with Gasteiger partial charge in [0.2, 0.25) is 5.95 Å². The molecule has 122 valence electrons. The maximum atomic E-state index is 5.12. The molecule has 0 radical (unpaired) electrons. The zero-order valence-corrected chi connectivity index (χ0v) is 14.2. The van der Waals surface area contributed by atoms with E-state index in [1.807, 2.05) is 37.8 Å². The van der Waals surface area contributed by atoms with Gasteiger partial charge in [0.05, 0.1) is 6.61 Å². The molecule has 0 spiro atoms. The number of aromatic nitrogens is 4. The van der Waals surface area contributed by atoms with Crippen molar-refractivity contribution in [1.82, 2.24) is 19.9 Å². The molecule has 4 aromatic heterocycles. The van der Waals surface area contributed by atoms with Gasteiger partial charge in [-0.15, -0.1) is 11.3 Å². The topological polar surface area (TPSA) is 75.7 Å². The van der Waals surface area contributed by atoms with Crippen molar-refractivity contribution in [2.24, 2.45) is 0 Å². The molecule has 0 fully saturated rings. The summed E-state index contributed by atoms with van der Waals surface area (Å²) in [5.74, 6) is 0.598. The van der Waals surface area contributed by atoms with Gasteiger partial charge in [0, 0.05) is 63.9 Å². The lowest BCUT2D eigenvalue weighted by atomic mass is 10.2. The minimum atomic E-state index is 0.150. The number of pyridine rings is 1. The van der Waals surface area contributed by atoms with Crippen molar-refractivity contribution < 1.29 is 4.74 Å². The van der Waals surface area contributed by atoms with Crippen molar-refractivity contribution in [2.75, 3.05) is 19.0 Å². The molecule has 0 unspecified atom stereocenters. The van der Waals surface area contributed by atoms with Crippen LogP contribution in [-0.4, -0.2) is 39.7 Å². The largest absolute Gasteiger partial charge is 0.383 e. The minimum absolute atomic E-state index is 0.150. The van der Waals surface area contributed by atoms with Crippen molar-refractivity contribution in [1.29, 1.82) is 0 Å². The Morgan fingerprint density at radius 1 is 1.38 bits per heavy atom. The Balaban J connectivity index is 1.70. The minimum Gasteiger partial charge on any atom is -0.383 e. The highest BCUT2D eigenvalue weighted by Crippen LogP contribution is 2.36. The molecule has 1 atom stereocenters. The molecule has 7 heteroatoms. The average Bonchev–Trinajstić information content (AvgIpc) is 3.17. The maximum absolute atomic E-state index is 5.12. The number of anilines is 1. The maximum Gasteiger partial charge on any atom is 0.224 e. The van der Waals surface area contributed by atoms with E-state index in [-0.39, 0.29) is 6.04 Å². The highest BCUT2D eigenvalue weighted by molar-refractivity contribution is 7.22. The Labute approximate surface area is 142 Å². The first-order chi connectivity index (χ1) is 11.7. The predicted molar refractivity (Wildman–Crippen MR) is 97.5 cm³/mol. The molecule has 0 aliphatic rings. The van der Waals surface area contributed by atoms with Crippen LogP contribution in [0.2, 0.25) is 0 Å². The van der Waals surface area contributed by atoms with E-state index in [0.717, 1.165) is 22.0 Å². The van der Waals surface area contributed by atoms with E-state index in [9.17, 15) is 0 Å². The molecule has 0 saturated heterocycles. The molecule has 4 aromatic rings. The summed E-state index contributed by atoms with van der Waals surface area (Å²) in [7, 11) is 1.68. The number of thiophene rings is 1. The van der Waals surface area contributed by atoms with Crippen LogP contribution < -0.4 is 5.32 Å². The summed E-state index contributed by atoms with van der Waals surface area (Å²) in [6.07, 6.45) is 7.55. The number of rotatable bonds is 5. The van der Waals surface area contributed by atoms with E-state index in [2.05, 4.69) is 31.3 Å². The van der Waals surface area contributed by atoms with Crippen LogP contribution in [0.15, 0.2) is 36.9 Å². The number of nitrogens with zero attached hydrogens (tertiary/aromatic N) is 3. The van der Waals surface area contributed by atoms with Crippen molar-refractivity contribution >= 4 is 38.4 Å². The van der Waals surface area contributed by atoms with Gasteiger partial charge in [-0.1, -0.05) is 0 Å². The van der Waals surface area contributed by atoms with Crippen LogP contribution in [0.4, 0.5) is 5.95 Å². The Morgan fingerprint density at radius 3 is 3.12 bits per heavy atom. The van der Waals surface area contributed by atoms with E-state index in [0.29, 0.717) is 12.6 Å². The fourth-order valence-electron chi connectivity index (χ4n) is 2.71. The van der Waals surface area contributed by atoms with E-state index < -0.39 is 0 Å². The molecule has 0 aliphatic carbocycles. The zero-order valence-electron chi connectivity index (χ0n) is 13.4. The number of ether oxygens (including phenoxy) is 1. The van der Waals surface area contributed by atoms with Crippen LogP contribution in [-0.2, 0) is 4.74 Å². The Morgan fingerprint density at radius 2 is 2.29 bits per heavy atom. The van der Waals surface area contributed by atoms with Gasteiger partial charge in [0.1, 0.15) is 5.65 Å². The first-order valence-electron chi connectivity index (χ1n) is 7.68. The summed E-state index contributed by atoms with van der Waals surface area (Å²) in [5, 5.41) is 5.40. The molecule has 24 heavy (non-hydrogen) atoms. The van der Waals surface area contributed by atoms with Crippen LogP contribution in [0.3, 0.4) is 0 Å². The van der Waals surface area contributed by atoms with Crippen LogP contribution >= 0.6 is 11.3 Å². The van der Waals surface area contributed by atoms with Crippen LogP contribution in [0.25, 0.3) is 31.6 Å². The van der Waals surface area contributed by atoms with Gasteiger partial charge in [0.15, 0.2) is 0 Å². The number of methoxy groups -OCH3 is 1. The zero-order chi connectivity index (χ0) is 16.5. The smallest absolute Gasteiger partial charge is 0.224 e. The number of nitrogens with one attached hydrogen (secondary N) is 2. The van der Waals surface area contributed by atoms with Crippen LogP contribution in [0.1, 0.15) is 6.92 Å². The first-order valence-corrected chi connectivity index (χ1v) is 8.50. The molecule has 0 amide bonds. The van der Waals surface area contributed by atoms with Crippen LogP contribution in [0, 0.1) is 0 Å². The predicted octanol–water partition coefficient (Wildman–Crippen LogP) is 3.68. The van der Waals surface area contributed by atoms with Crippen molar-refractivity contribution in [3.8, 4) is 10.4 Å². The van der Waals surface area contributed by atoms with Gasteiger partial charge in [0.25, 0.3) is 0 Å². The molecule has 2 N–H and O–H groups in total. The van der Waals surface area contributed by atoms with Crippen molar-refractivity contribution in [2.45, 2.75) is 13.0 Å². The Bertz CT molecular complexity index is 960.